The molecule has 0 aliphatic rings. The number of hydrogen-bond donors (Lipinski definition) is 2. The van der Waals surface area contributed by atoms with Crippen molar-refractivity contribution in [2.45, 2.75) is 20.3 Å². The molecule has 2 aromatic carbocycles. The van der Waals surface area contributed by atoms with Gasteiger partial charge in [-0.05, 0) is 43.5 Å². The highest BCUT2D eigenvalue weighted by atomic mass is 35.5. The zero-order valence-electron chi connectivity index (χ0n) is 15.3. The first-order valence-corrected chi connectivity index (χ1v) is 9.10. The molecule has 0 spiro atoms. The Bertz CT molecular complexity index is 944. The minimum absolute atomic E-state index is 0.221. The van der Waals surface area contributed by atoms with Crippen LogP contribution in [0.5, 0.6) is 0 Å². The molecule has 0 saturated heterocycles. The number of nitrogens with zero attached hydrogens (tertiary/aromatic N) is 2. The maximum Gasteiger partial charge on any atom is 0.270 e. The van der Waals surface area contributed by atoms with Crippen LogP contribution in [0.15, 0.2) is 54.6 Å². The van der Waals surface area contributed by atoms with E-state index in [4.69, 9.17) is 11.6 Å². The lowest BCUT2D eigenvalue weighted by Crippen LogP contribution is -2.27. The number of aromatic nitrogens is 2. The van der Waals surface area contributed by atoms with Crippen molar-refractivity contribution >= 4 is 29.0 Å². The summed E-state index contributed by atoms with van der Waals surface area (Å²) >= 11 is 6.16. The molecule has 5 nitrogen and oxygen atoms in total. The van der Waals surface area contributed by atoms with Crippen molar-refractivity contribution in [2.24, 2.45) is 0 Å². The first-order valence-electron chi connectivity index (χ1n) is 8.72. The summed E-state index contributed by atoms with van der Waals surface area (Å²) < 4.78 is 0. The van der Waals surface area contributed by atoms with Gasteiger partial charge in [0.25, 0.3) is 5.91 Å². The van der Waals surface area contributed by atoms with Crippen LogP contribution >= 0.6 is 11.6 Å². The summed E-state index contributed by atoms with van der Waals surface area (Å²) in [6, 6.07) is 17.3. The largest absolute Gasteiger partial charge is 0.350 e. The Morgan fingerprint density at radius 3 is 2.56 bits per heavy atom. The standard InChI is InChI=1S/C21H21ClN4O/c1-14-8-9-17(12-18(14)22)26-20-13-19(24-15(2)25-20)21(27)23-11-10-16-6-4-3-5-7-16/h3-9,12-13H,10-11H2,1-2H3,(H,23,27)(H,24,25,26). The predicted octanol–water partition coefficient (Wildman–Crippen LogP) is 4.46. The molecule has 3 aromatic rings. The minimum atomic E-state index is -0.221. The molecule has 1 heterocycles. The van der Waals surface area contributed by atoms with Crippen LogP contribution in [0.2, 0.25) is 5.02 Å². The zero-order valence-corrected chi connectivity index (χ0v) is 16.0. The first kappa shape index (κ1) is 18.9. The molecule has 1 amide bonds. The van der Waals surface area contributed by atoms with Crippen LogP contribution < -0.4 is 10.6 Å². The van der Waals surface area contributed by atoms with Crippen molar-refractivity contribution in [2.75, 3.05) is 11.9 Å². The summed E-state index contributed by atoms with van der Waals surface area (Å²) in [6.45, 7) is 4.25. The molecule has 0 aliphatic heterocycles. The van der Waals surface area contributed by atoms with Crippen LogP contribution in [0.25, 0.3) is 0 Å². The van der Waals surface area contributed by atoms with Crippen molar-refractivity contribution in [3.05, 3.63) is 82.3 Å². The summed E-state index contributed by atoms with van der Waals surface area (Å²) in [4.78, 5) is 21.0. The second-order valence-corrected chi connectivity index (χ2v) is 6.67. The minimum Gasteiger partial charge on any atom is -0.350 e. The summed E-state index contributed by atoms with van der Waals surface area (Å²) in [6.07, 6.45) is 0.767. The summed E-state index contributed by atoms with van der Waals surface area (Å²) in [5, 5.41) is 6.75. The quantitative estimate of drug-likeness (QED) is 0.662. The van der Waals surface area contributed by atoms with Crippen molar-refractivity contribution < 1.29 is 4.79 Å². The molecule has 0 unspecified atom stereocenters. The van der Waals surface area contributed by atoms with E-state index < -0.39 is 0 Å². The number of carbonyl (C=O) groups is 1. The average molecular weight is 381 g/mol. The Kier molecular flexibility index (Phi) is 6.04. The molecule has 0 saturated carbocycles. The second-order valence-electron chi connectivity index (χ2n) is 6.27. The van der Waals surface area contributed by atoms with Gasteiger partial charge < -0.3 is 10.6 Å². The highest BCUT2D eigenvalue weighted by Gasteiger charge is 2.11. The van der Waals surface area contributed by atoms with Gasteiger partial charge in [-0.25, -0.2) is 9.97 Å². The van der Waals surface area contributed by atoms with Gasteiger partial charge in [-0.1, -0.05) is 48.0 Å². The Morgan fingerprint density at radius 1 is 1.04 bits per heavy atom. The molecule has 3 rings (SSSR count). The summed E-state index contributed by atoms with van der Waals surface area (Å²) in [5.41, 5.74) is 3.31. The number of amides is 1. The van der Waals surface area contributed by atoms with Crippen LogP contribution in [-0.2, 0) is 6.42 Å². The molecular weight excluding hydrogens is 360 g/mol. The Labute approximate surface area is 163 Å². The van der Waals surface area contributed by atoms with E-state index in [1.54, 1.807) is 13.0 Å². The summed E-state index contributed by atoms with van der Waals surface area (Å²) in [7, 11) is 0. The van der Waals surface area contributed by atoms with Crippen molar-refractivity contribution in [1.82, 2.24) is 15.3 Å². The van der Waals surface area contributed by atoms with E-state index in [0.29, 0.717) is 28.9 Å². The topological polar surface area (TPSA) is 66.9 Å². The zero-order chi connectivity index (χ0) is 19.2. The number of anilines is 2. The smallest absolute Gasteiger partial charge is 0.270 e. The van der Waals surface area contributed by atoms with E-state index in [2.05, 4.69) is 20.6 Å². The van der Waals surface area contributed by atoms with Crippen LogP contribution in [0, 0.1) is 13.8 Å². The fourth-order valence-corrected chi connectivity index (χ4v) is 2.80. The maximum absolute atomic E-state index is 12.4. The molecule has 0 bridgehead atoms. The van der Waals surface area contributed by atoms with Gasteiger partial charge in [0.15, 0.2) is 0 Å². The number of rotatable bonds is 6. The van der Waals surface area contributed by atoms with Crippen LogP contribution in [0.1, 0.15) is 27.4 Å². The lowest BCUT2D eigenvalue weighted by molar-refractivity contribution is 0.0949. The van der Waals surface area contributed by atoms with Gasteiger partial charge in [-0.2, -0.15) is 0 Å². The third kappa shape index (κ3) is 5.28. The number of benzene rings is 2. The second kappa shape index (κ2) is 8.64. The average Bonchev–Trinajstić information content (AvgIpc) is 2.65. The molecule has 0 fully saturated rings. The van der Waals surface area contributed by atoms with E-state index in [9.17, 15) is 4.79 Å². The Hall–Kier alpha value is -2.92. The lowest BCUT2D eigenvalue weighted by Gasteiger charge is -2.10. The SMILES string of the molecule is Cc1nc(Nc2ccc(C)c(Cl)c2)cc(C(=O)NCCc2ccccc2)n1. The van der Waals surface area contributed by atoms with Gasteiger partial charge >= 0.3 is 0 Å². The van der Waals surface area contributed by atoms with Crippen molar-refractivity contribution in [1.29, 1.82) is 0 Å². The first-order chi connectivity index (χ1) is 13.0. The van der Waals surface area contributed by atoms with Crippen LogP contribution in [0.3, 0.4) is 0 Å². The molecule has 2 N–H and O–H groups in total. The fourth-order valence-electron chi connectivity index (χ4n) is 2.62. The molecule has 138 valence electrons. The van der Waals surface area contributed by atoms with Gasteiger partial charge in [0.2, 0.25) is 0 Å². The van der Waals surface area contributed by atoms with Gasteiger partial charge in [-0.15, -0.1) is 0 Å². The Morgan fingerprint density at radius 2 is 1.81 bits per heavy atom. The van der Waals surface area contributed by atoms with E-state index in [0.717, 1.165) is 17.7 Å². The Balaban J connectivity index is 1.66. The number of carbonyl (C=O) groups excluding carboxylic acids is 1. The number of halogens is 1. The van der Waals surface area contributed by atoms with Gasteiger partial charge in [0.1, 0.15) is 17.3 Å². The van der Waals surface area contributed by atoms with E-state index >= 15 is 0 Å². The third-order valence-corrected chi connectivity index (χ3v) is 4.46. The number of hydrogen-bond acceptors (Lipinski definition) is 4. The van der Waals surface area contributed by atoms with Crippen molar-refractivity contribution in [3.63, 3.8) is 0 Å². The van der Waals surface area contributed by atoms with E-state index in [1.807, 2.05) is 55.5 Å². The van der Waals surface area contributed by atoms with Crippen LogP contribution in [-0.4, -0.2) is 22.4 Å². The molecule has 0 aliphatic carbocycles. The highest BCUT2D eigenvalue weighted by Crippen LogP contribution is 2.22. The van der Waals surface area contributed by atoms with Gasteiger partial charge in [0.05, 0.1) is 0 Å². The van der Waals surface area contributed by atoms with E-state index in [1.165, 1.54) is 5.56 Å². The number of nitrogens with one attached hydrogen (secondary N) is 2. The van der Waals surface area contributed by atoms with Gasteiger partial charge in [-0.3, -0.25) is 4.79 Å². The molecule has 0 radical (unpaired) electrons. The highest BCUT2D eigenvalue weighted by molar-refractivity contribution is 6.31. The maximum atomic E-state index is 12.4. The van der Waals surface area contributed by atoms with Gasteiger partial charge in [0, 0.05) is 23.3 Å². The van der Waals surface area contributed by atoms with Crippen molar-refractivity contribution in [3.8, 4) is 0 Å². The van der Waals surface area contributed by atoms with Crippen LogP contribution in [0.4, 0.5) is 11.5 Å². The molecule has 27 heavy (non-hydrogen) atoms. The normalized spacial score (nSPS) is 10.5. The predicted molar refractivity (Wildman–Crippen MR) is 109 cm³/mol. The van der Waals surface area contributed by atoms with E-state index in [-0.39, 0.29) is 5.91 Å². The molecular formula is C21H21ClN4O. The summed E-state index contributed by atoms with van der Waals surface area (Å²) in [5.74, 6) is 0.850. The fraction of sp³-hybridized carbons (Fsp3) is 0.190. The molecule has 6 heteroatoms. The monoisotopic (exact) mass is 380 g/mol. The lowest BCUT2D eigenvalue weighted by atomic mass is 10.1. The third-order valence-electron chi connectivity index (χ3n) is 4.06. The number of aryl methyl sites for hydroxylation is 2. The molecule has 1 aromatic heterocycles. The molecule has 0 atom stereocenters.